The highest BCUT2D eigenvalue weighted by Gasteiger charge is 2.14. The van der Waals surface area contributed by atoms with Crippen LogP contribution in [0.4, 0.5) is 0 Å². The predicted molar refractivity (Wildman–Crippen MR) is 91.2 cm³/mol. The Morgan fingerprint density at radius 2 is 1.95 bits per heavy atom. The number of ether oxygens (including phenoxy) is 1. The van der Waals surface area contributed by atoms with Crippen LogP contribution in [0.2, 0.25) is 0 Å². The Labute approximate surface area is 131 Å². The first-order valence-electron chi connectivity index (χ1n) is 7.87. The van der Waals surface area contributed by atoms with Crippen LogP contribution in [0, 0.1) is 0 Å². The summed E-state index contributed by atoms with van der Waals surface area (Å²) in [4.78, 5) is 0. The zero-order valence-electron chi connectivity index (χ0n) is 13.6. The van der Waals surface area contributed by atoms with Gasteiger partial charge in [0, 0.05) is 42.1 Å². The first-order valence-corrected chi connectivity index (χ1v) is 9.36. The summed E-state index contributed by atoms with van der Waals surface area (Å²) in [5, 5.41) is 3.52. The Kier molecular flexibility index (Phi) is 9.55. The molecule has 0 aliphatic heterocycles. The van der Waals surface area contributed by atoms with Crippen LogP contribution in [-0.4, -0.2) is 36.0 Å². The smallest absolute Gasteiger partial charge is 0.0471 e. The Bertz CT molecular complexity index is 406. The zero-order valence-corrected chi connectivity index (χ0v) is 14.4. The molecule has 0 aliphatic carbocycles. The molecule has 1 aromatic carbocycles. The molecule has 4 heteroatoms. The van der Waals surface area contributed by atoms with E-state index in [4.69, 9.17) is 4.74 Å². The average molecular weight is 311 g/mol. The molecule has 1 aromatic rings. The van der Waals surface area contributed by atoms with Crippen molar-refractivity contribution in [2.24, 2.45) is 0 Å². The average Bonchev–Trinajstić information content (AvgIpc) is 2.52. The summed E-state index contributed by atoms with van der Waals surface area (Å²) in [6, 6.07) is 8.85. The standard InChI is InChI=1S/C17H29NO2S/c1-4-11-18-17(14-21(19)13-6-12-20-3)16-9-7-15(5-2)8-10-16/h7-10,17-18H,4-6,11-14H2,1-3H3. The quantitative estimate of drug-likeness (QED) is 0.638. The van der Waals surface area contributed by atoms with Gasteiger partial charge in [0.15, 0.2) is 0 Å². The molecule has 0 fully saturated rings. The van der Waals surface area contributed by atoms with Crippen molar-refractivity contribution in [3.63, 3.8) is 0 Å². The number of aryl methyl sites for hydroxylation is 1. The van der Waals surface area contributed by atoms with Gasteiger partial charge in [0.2, 0.25) is 0 Å². The second kappa shape index (κ2) is 10.9. The molecule has 0 aliphatic rings. The van der Waals surface area contributed by atoms with Gasteiger partial charge in [-0.25, -0.2) is 0 Å². The first kappa shape index (κ1) is 18.3. The maximum absolute atomic E-state index is 12.2. The summed E-state index contributed by atoms with van der Waals surface area (Å²) in [6.45, 7) is 5.95. The monoisotopic (exact) mass is 311 g/mol. The van der Waals surface area contributed by atoms with E-state index < -0.39 is 10.8 Å². The SMILES string of the molecule is CCCNC(CS(=O)CCCOC)c1ccc(CC)cc1. The van der Waals surface area contributed by atoms with Gasteiger partial charge < -0.3 is 10.1 Å². The second-order valence-corrected chi connectivity index (χ2v) is 6.88. The molecule has 2 unspecified atom stereocenters. The van der Waals surface area contributed by atoms with E-state index in [1.165, 1.54) is 11.1 Å². The van der Waals surface area contributed by atoms with Crippen LogP contribution in [-0.2, 0) is 22.0 Å². The zero-order chi connectivity index (χ0) is 15.5. The molecule has 0 aromatic heterocycles. The van der Waals surface area contributed by atoms with E-state index in [1.54, 1.807) is 7.11 Å². The summed E-state index contributed by atoms with van der Waals surface area (Å²) in [6.07, 6.45) is 2.99. The number of hydrogen-bond acceptors (Lipinski definition) is 3. The van der Waals surface area contributed by atoms with E-state index in [9.17, 15) is 4.21 Å². The maximum atomic E-state index is 12.2. The van der Waals surface area contributed by atoms with Crippen LogP contribution >= 0.6 is 0 Å². The topological polar surface area (TPSA) is 38.3 Å². The van der Waals surface area contributed by atoms with Crippen LogP contribution in [0.3, 0.4) is 0 Å². The molecule has 1 N–H and O–H groups in total. The third kappa shape index (κ3) is 7.21. The van der Waals surface area contributed by atoms with Gasteiger partial charge in [-0.05, 0) is 36.9 Å². The Hall–Kier alpha value is -0.710. The van der Waals surface area contributed by atoms with Crippen molar-refractivity contribution in [2.75, 3.05) is 31.8 Å². The normalized spacial score (nSPS) is 14.0. The summed E-state index contributed by atoms with van der Waals surface area (Å²) in [5.41, 5.74) is 2.58. The van der Waals surface area contributed by atoms with Crippen LogP contribution in [0.25, 0.3) is 0 Å². The maximum Gasteiger partial charge on any atom is 0.0471 e. The second-order valence-electron chi connectivity index (χ2n) is 5.26. The van der Waals surface area contributed by atoms with Gasteiger partial charge in [0.25, 0.3) is 0 Å². The van der Waals surface area contributed by atoms with E-state index in [0.29, 0.717) is 18.1 Å². The van der Waals surface area contributed by atoms with Gasteiger partial charge in [-0.1, -0.05) is 38.1 Å². The lowest BCUT2D eigenvalue weighted by Gasteiger charge is -2.19. The minimum atomic E-state index is -0.805. The highest BCUT2D eigenvalue weighted by molar-refractivity contribution is 7.85. The Morgan fingerprint density at radius 3 is 2.52 bits per heavy atom. The number of rotatable bonds is 11. The van der Waals surface area contributed by atoms with Gasteiger partial charge in [0.05, 0.1) is 0 Å². The van der Waals surface area contributed by atoms with Gasteiger partial charge >= 0.3 is 0 Å². The van der Waals surface area contributed by atoms with Gasteiger partial charge in [-0.15, -0.1) is 0 Å². The first-order chi connectivity index (χ1) is 10.2. The molecule has 0 bridgehead atoms. The highest BCUT2D eigenvalue weighted by Crippen LogP contribution is 2.16. The molecule has 3 nitrogen and oxygen atoms in total. The third-order valence-electron chi connectivity index (χ3n) is 3.50. The number of hydrogen-bond donors (Lipinski definition) is 1. The van der Waals surface area contributed by atoms with Gasteiger partial charge in [0.1, 0.15) is 0 Å². The fraction of sp³-hybridized carbons (Fsp3) is 0.647. The highest BCUT2D eigenvalue weighted by atomic mass is 32.2. The molecular weight excluding hydrogens is 282 g/mol. The summed E-state index contributed by atoms with van der Waals surface area (Å²) < 4.78 is 17.2. The van der Waals surface area contributed by atoms with Gasteiger partial charge in [-0.2, -0.15) is 0 Å². The van der Waals surface area contributed by atoms with Crippen molar-refractivity contribution >= 4 is 10.8 Å². The lowest BCUT2D eigenvalue weighted by molar-refractivity contribution is 0.200. The van der Waals surface area contributed by atoms with E-state index in [2.05, 4.69) is 43.4 Å². The number of methoxy groups -OCH3 is 1. The molecule has 1 rings (SSSR count). The van der Waals surface area contributed by atoms with Crippen LogP contribution < -0.4 is 5.32 Å². The van der Waals surface area contributed by atoms with Crippen molar-refractivity contribution in [1.82, 2.24) is 5.32 Å². The molecular formula is C17H29NO2S. The molecule has 2 atom stereocenters. The molecule has 0 saturated carbocycles. The fourth-order valence-electron chi connectivity index (χ4n) is 2.21. The molecule has 0 amide bonds. The summed E-state index contributed by atoms with van der Waals surface area (Å²) in [5.74, 6) is 1.39. The van der Waals surface area contributed by atoms with Crippen LogP contribution in [0.5, 0.6) is 0 Å². The predicted octanol–water partition coefficient (Wildman–Crippen LogP) is 3.07. The lowest BCUT2D eigenvalue weighted by Crippen LogP contribution is -2.27. The van der Waals surface area contributed by atoms with Crippen molar-refractivity contribution in [3.8, 4) is 0 Å². The number of benzene rings is 1. The van der Waals surface area contributed by atoms with E-state index >= 15 is 0 Å². The molecule has 0 radical (unpaired) electrons. The summed E-state index contributed by atoms with van der Waals surface area (Å²) in [7, 11) is 0.879. The molecule has 0 spiro atoms. The molecule has 120 valence electrons. The number of nitrogens with one attached hydrogen (secondary N) is 1. The third-order valence-corrected chi connectivity index (χ3v) is 4.95. The minimum Gasteiger partial charge on any atom is -0.385 e. The van der Waals surface area contributed by atoms with Crippen molar-refractivity contribution < 1.29 is 8.95 Å². The Morgan fingerprint density at radius 1 is 1.24 bits per heavy atom. The van der Waals surface area contributed by atoms with E-state index in [0.717, 1.165) is 25.8 Å². The Balaban J connectivity index is 2.63. The molecule has 0 heterocycles. The molecule has 0 saturated heterocycles. The van der Waals surface area contributed by atoms with E-state index in [-0.39, 0.29) is 6.04 Å². The largest absolute Gasteiger partial charge is 0.385 e. The molecule has 21 heavy (non-hydrogen) atoms. The van der Waals surface area contributed by atoms with E-state index in [1.807, 2.05) is 0 Å². The van der Waals surface area contributed by atoms with Crippen LogP contribution in [0.15, 0.2) is 24.3 Å². The lowest BCUT2D eigenvalue weighted by atomic mass is 10.0. The van der Waals surface area contributed by atoms with Crippen molar-refractivity contribution in [1.29, 1.82) is 0 Å². The summed E-state index contributed by atoms with van der Waals surface area (Å²) >= 11 is 0. The van der Waals surface area contributed by atoms with Crippen molar-refractivity contribution in [3.05, 3.63) is 35.4 Å². The van der Waals surface area contributed by atoms with Crippen molar-refractivity contribution in [2.45, 2.75) is 39.2 Å². The minimum absolute atomic E-state index is 0.180. The van der Waals surface area contributed by atoms with Crippen LogP contribution in [0.1, 0.15) is 43.9 Å². The van der Waals surface area contributed by atoms with Gasteiger partial charge in [-0.3, -0.25) is 4.21 Å². The fourth-order valence-corrected chi connectivity index (χ4v) is 3.50.